The Morgan fingerprint density at radius 2 is 2.00 bits per heavy atom. The molecule has 1 N–H and O–H groups in total. The van der Waals surface area contributed by atoms with Crippen molar-refractivity contribution in [3.8, 4) is 0 Å². The Labute approximate surface area is 147 Å². The summed E-state index contributed by atoms with van der Waals surface area (Å²) in [6.45, 7) is 4.74. The Morgan fingerprint density at radius 1 is 1.16 bits per heavy atom. The predicted octanol–water partition coefficient (Wildman–Crippen LogP) is 1.68. The van der Waals surface area contributed by atoms with Gasteiger partial charge in [0.15, 0.2) is 0 Å². The number of anilines is 1. The Morgan fingerprint density at radius 3 is 2.76 bits per heavy atom. The molecule has 6 nitrogen and oxygen atoms in total. The highest BCUT2D eigenvalue weighted by Crippen LogP contribution is 2.31. The number of fused-ring (bicyclic) bond motifs is 1. The lowest BCUT2D eigenvalue weighted by Gasteiger charge is -2.33. The molecule has 2 unspecified atom stereocenters. The van der Waals surface area contributed by atoms with Crippen LogP contribution in [0.2, 0.25) is 0 Å². The molecule has 25 heavy (non-hydrogen) atoms. The van der Waals surface area contributed by atoms with E-state index in [1.807, 2.05) is 12.1 Å². The molecule has 0 bridgehead atoms. The van der Waals surface area contributed by atoms with Gasteiger partial charge in [0.1, 0.15) is 6.04 Å². The summed E-state index contributed by atoms with van der Waals surface area (Å²) in [5.41, 5.74) is 2.74. The normalized spacial score (nSPS) is 26.7. The lowest BCUT2D eigenvalue weighted by molar-refractivity contribution is -0.136. The fourth-order valence-corrected chi connectivity index (χ4v) is 4.16. The molecule has 3 aliphatic heterocycles. The van der Waals surface area contributed by atoms with E-state index in [9.17, 15) is 14.4 Å². The molecular formula is C19H23N3O3. The number of carbonyl (C=O) groups excluding carboxylic acids is 3. The van der Waals surface area contributed by atoms with Crippen LogP contribution in [-0.2, 0) is 16.1 Å². The number of hydrogen-bond donors (Lipinski definition) is 1. The minimum atomic E-state index is -0.545. The topological polar surface area (TPSA) is 69.7 Å². The van der Waals surface area contributed by atoms with Crippen molar-refractivity contribution in [2.45, 2.75) is 45.2 Å². The van der Waals surface area contributed by atoms with Crippen molar-refractivity contribution < 1.29 is 14.4 Å². The summed E-state index contributed by atoms with van der Waals surface area (Å²) in [5.74, 6) is -0.0523. The van der Waals surface area contributed by atoms with Gasteiger partial charge in [0, 0.05) is 37.3 Å². The van der Waals surface area contributed by atoms with Crippen LogP contribution < -0.4 is 10.2 Å². The van der Waals surface area contributed by atoms with Gasteiger partial charge in [-0.2, -0.15) is 0 Å². The standard InChI is InChI=1S/C19H23N3O3/c1-12-3-2-8-21(10-12)14-5-4-13-11-22(19(25)15(13)9-14)16-6-7-17(23)20-18(16)24/h4-5,9,12,16H,2-3,6-8,10-11H2,1H3,(H,20,23,24). The number of imide groups is 1. The number of piperidine rings is 2. The highest BCUT2D eigenvalue weighted by molar-refractivity contribution is 6.05. The van der Waals surface area contributed by atoms with Crippen LogP contribution in [0.25, 0.3) is 0 Å². The van der Waals surface area contributed by atoms with Crippen LogP contribution in [-0.4, -0.2) is 41.8 Å². The van der Waals surface area contributed by atoms with E-state index in [-0.39, 0.29) is 24.1 Å². The van der Waals surface area contributed by atoms with Crippen LogP contribution in [0.4, 0.5) is 5.69 Å². The Bertz CT molecular complexity index is 745. The summed E-state index contributed by atoms with van der Waals surface area (Å²) < 4.78 is 0. The van der Waals surface area contributed by atoms with Gasteiger partial charge in [0.2, 0.25) is 11.8 Å². The van der Waals surface area contributed by atoms with Gasteiger partial charge in [0.25, 0.3) is 5.91 Å². The quantitative estimate of drug-likeness (QED) is 0.831. The van der Waals surface area contributed by atoms with E-state index >= 15 is 0 Å². The highest BCUT2D eigenvalue weighted by Gasteiger charge is 2.39. The van der Waals surface area contributed by atoms with Crippen molar-refractivity contribution >= 4 is 23.4 Å². The van der Waals surface area contributed by atoms with Gasteiger partial charge in [-0.25, -0.2) is 0 Å². The molecular weight excluding hydrogens is 318 g/mol. The third-order valence-corrected chi connectivity index (χ3v) is 5.53. The summed E-state index contributed by atoms with van der Waals surface area (Å²) >= 11 is 0. The van der Waals surface area contributed by atoms with Crippen molar-refractivity contribution in [3.63, 3.8) is 0 Å². The molecule has 1 aromatic rings. The van der Waals surface area contributed by atoms with E-state index in [0.29, 0.717) is 24.4 Å². The lowest BCUT2D eigenvalue weighted by atomic mass is 9.99. The maximum absolute atomic E-state index is 12.9. The number of rotatable bonds is 2. The van der Waals surface area contributed by atoms with Crippen LogP contribution in [0, 0.1) is 5.92 Å². The molecule has 6 heteroatoms. The maximum Gasteiger partial charge on any atom is 0.255 e. The number of carbonyl (C=O) groups is 3. The number of amides is 3. The van der Waals surface area contributed by atoms with Gasteiger partial charge < -0.3 is 9.80 Å². The molecule has 3 aliphatic rings. The van der Waals surface area contributed by atoms with Gasteiger partial charge in [-0.05, 0) is 42.9 Å². The van der Waals surface area contributed by atoms with Crippen LogP contribution >= 0.6 is 0 Å². The first kappa shape index (κ1) is 16.1. The van der Waals surface area contributed by atoms with Crippen LogP contribution in [0.3, 0.4) is 0 Å². The smallest absolute Gasteiger partial charge is 0.255 e. The minimum absolute atomic E-state index is 0.101. The van der Waals surface area contributed by atoms with E-state index in [0.717, 1.165) is 24.3 Å². The summed E-state index contributed by atoms with van der Waals surface area (Å²) in [5, 5.41) is 2.34. The van der Waals surface area contributed by atoms with Crippen molar-refractivity contribution in [1.82, 2.24) is 10.2 Å². The van der Waals surface area contributed by atoms with Crippen molar-refractivity contribution in [1.29, 1.82) is 0 Å². The first-order valence-electron chi connectivity index (χ1n) is 9.05. The zero-order chi connectivity index (χ0) is 17.6. The first-order valence-corrected chi connectivity index (χ1v) is 9.05. The Kier molecular flexibility index (Phi) is 3.98. The van der Waals surface area contributed by atoms with Gasteiger partial charge in [-0.1, -0.05) is 13.0 Å². The summed E-state index contributed by atoms with van der Waals surface area (Å²) in [6.07, 6.45) is 3.12. The second kappa shape index (κ2) is 6.17. The molecule has 3 amide bonds. The Hall–Kier alpha value is -2.37. The second-order valence-electron chi connectivity index (χ2n) is 7.43. The molecule has 4 rings (SSSR count). The molecule has 0 radical (unpaired) electrons. The zero-order valence-corrected chi connectivity index (χ0v) is 14.5. The second-order valence-corrected chi connectivity index (χ2v) is 7.43. The zero-order valence-electron chi connectivity index (χ0n) is 14.5. The van der Waals surface area contributed by atoms with E-state index in [4.69, 9.17) is 0 Å². The van der Waals surface area contributed by atoms with Gasteiger partial charge >= 0.3 is 0 Å². The molecule has 0 spiro atoms. The monoisotopic (exact) mass is 341 g/mol. The molecule has 1 aromatic carbocycles. The minimum Gasteiger partial charge on any atom is -0.371 e. The summed E-state index contributed by atoms with van der Waals surface area (Å²) in [7, 11) is 0. The number of benzene rings is 1. The molecule has 3 heterocycles. The number of nitrogens with one attached hydrogen (secondary N) is 1. The molecule has 2 saturated heterocycles. The van der Waals surface area contributed by atoms with Crippen molar-refractivity contribution in [2.75, 3.05) is 18.0 Å². The van der Waals surface area contributed by atoms with Crippen molar-refractivity contribution in [2.24, 2.45) is 5.92 Å². The van der Waals surface area contributed by atoms with Gasteiger partial charge in [-0.3, -0.25) is 19.7 Å². The summed E-state index contributed by atoms with van der Waals surface area (Å²) in [4.78, 5) is 40.3. The van der Waals surface area contributed by atoms with Gasteiger partial charge in [-0.15, -0.1) is 0 Å². The fraction of sp³-hybridized carbons (Fsp3) is 0.526. The average Bonchev–Trinajstić information content (AvgIpc) is 2.91. The lowest BCUT2D eigenvalue weighted by Crippen LogP contribution is -2.52. The average molecular weight is 341 g/mol. The highest BCUT2D eigenvalue weighted by atomic mass is 16.2. The third-order valence-electron chi connectivity index (χ3n) is 5.53. The molecule has 2 atom stereocenters. The number of nitrogens with zero attached hydrogens (tertiary/aromatic N) is 2. The van der Waals surface area contributed by atoms with Gasteiger partial charge in [0.05, 0.1) is 0 Å². The molecule has 0 aliphatic carbocycles. The van der Waals surface area contributed by atoms with Crippen LogP contribution in [0.15, 0.2) is 18.2 Å². The van der Waals surface area contributed by atoms with Crippen molar-refractivity contribution in [3.05, 3.63) is 29.3 Å². The van der Waals surface area contributed by atoms with E-state index < -0.39 is 6.04 Å². The fourth-order valence-electron chi connectivity index (χ4n) is 4.16. The van der Waals surface area contributed by atoms with Crippen LogP contribution in [0.1, 0.15) is 48.5 Å². The molecule has 0 saturated carbocycles. The molecule has 0 aromatic heterocycles. The van der Waals surface area contributed by atoms with E-state index in [1.165, 1.54) is 12.8 Å². The van der Waals surface area contributed by atoms with Crippen LogP contribution in [0.5, 0.6) is 0 Å². The Balaban J connectivity index is 1.55. The third kappa shape index (κ3) is 2.90. The summed E-state index contributed by atoms with van der Waals surface area (Å²) in [6, 6.07) is 5.52. The predicted molar refractivity (Wildman–Crippen MR) is 93.1 cm³/mol. The maximum atomic E-state index is 12.9. The van der Waals surface area contributed by atoms with E-state index in [2.05, 4.69) is 23.2 Å². The largest absolute Gasteiger partial charge is 0.371 e. The van der Waals surface area contributed by atoms with E-state index in [1.54, 1.807) is 4.90 Å². The molecule has 132 valence electrons. The molecule has 2 fully saturated rings. The number of hydrogen-bond acceptors (Lipinski definition) is 4. The first-order chi connectivity index (χ1) is 12.0. The SMILES string of the molecule is CC1CCCN(c2ccc3c(c2)C(=O)N(C2CCC(=O)NC2=O)C3)C1.